The number of benzene rings is 1. The standard InChI is InChI=1S/C14H20N2O3/c1-11(13-5-7-19-8-6-13)15-10-12-3-2-4-14(9-12)16(17)18/h2-4,9,11,13,15H,5-8,10H2,1H3. The SMILES string of the molecule is CC(NCc1cccc([N+](=O)[O-])c1)C1CCOCC1. The summed E-state index contributed by atoms with van der Waals surface area (Å²) >= 11 is 0. The van der Waals surface area contributed by atoms with Gasteiger partial charge in [-0.3, -0.25) is 10.1 Å². The molecule has 1 aromatic carbocycles. The zero-order chi connectivity index (χ0) is 13.7. The molecular weight excluding hydrogens is 244 g/mol. The van der Waals surface area contributed by atoms with E-state index in [2.05, 4.69) is 12.2 Å². The summed E-state index contributed by atoms with van der Waals surface area (Å²) in [6, 6.07) is 7.20. The van der Waals surface area contributed by atoms with Crippen molar-refractivity contribution in [3.8, 4) is 0 Å². The normalized spacial score (nSPS) is 18.2. The Bertz CT molecular complexity index is 430. The van der Waals surface area contributed by atoms with E-state index in [1.54, 1.807) is 12.1 Å². The summed E-state index contributed by atoms with van der Waals surface area (Å²) in [5.41, 5.74) is 1.10. The van der Waals surface area contributed by atoms with Crippen LogP contribution in [0.4, 0.5) is 5.69 Å². The molecule has 1 aliphatic rings. The molecule has 5 nitrogen and oxygen atoms in total. The van der Waals surface area contributed by atoms with E-state index in [9.17, 15) is 10.1 Å². The molecule has 1 aliphatic heterocycles. The number of nitro groups is 1. The van der Waals surface area contributed by atoms with Crippen molar-refractivity contribution >= 4 is 5.69 Å². The van der Waals surface area contributed by atoms with Gasteiger partial charge < -0.3 is 10.1 Å². The molecule has 0 spiro atoms. The van der Waals surface area contributed by atoms with Gasteiger partial charge in [-0.05, 0) is 31.2 Å². The molecule has 1 aromatic rings. The average Bonchev–Trinajstić information content (AvgIpc) is 2.46. The first kappa shape index (κ1) is 14.0. The van der Waals surface area contributed by atoms with E-state index in [-0.39, 0.29) is 10.6 Å². The maximum absolute atomic E-state index is 10.7. The number of rotatable bonds is 5. The zero-order valence-electron chi connectivity index (χ0n) is 11.2. The maximum atomic E-state index is 10.7. The Kier molecular flexibility index (Phi) is 4.87. The number of nitrogens with zero attached hydrogens (tertiary/aromatic N) is 1. The molecule has 0 radical (unpaired) electrons. The summed E-state index contributed by atoms with van der Waals surface area (Å²) in [6.45, 7) is 4.52. The highest BCUT2D eigenvalue weighted by Crippen LogP contribution is 2.19. The molecule has 1 fully saturated rings. The second kappa shape index (κ2) is 6.63. The van der Waals surface area contributed by atoms with Crippen LogP contribution in [0.2, 0.25) is 0 Å². The van der Waals surface area contributed by atoms with Crippen LogP contribution in [-0.4, -0.2) is 24.2 Å². The molecule has 0 amide bonds. The quantitative estimate of drug-likeness (QED) is 0.655. The number of nitro benzene ring substituents is 1. The van der Waals surface area contributed by atoms with E-state index < -0.39 is 0 Å². The third-order valence-corrected chi connectivity index (χ3v) is 3.72. The van der Waals surface area contributed by atoms with Crippen LogP contribution in [0, 0.1) is 16.0 Å². The van der Waals surface area contributed by atoms with Gasteiger partial charge in [-0.15, -0.1) is 0 Å². The topological polar surface area (TPSA) is 64.4 Å². The maximum Gasteiger partial charge on any atom is 0.269 e. The van der Waals surface area contributed by atoms with Crippen LogP contribution in [0.1, 0.15) is 25.3 Å². The average molecular weight is 264 g/mol. The van der Waals surface area contributed by atoms with Crippen molar-refractivity contribution in [2.75, 3.05) is 13.2 Å². The fourth-order valence-electron chi connectivity index (χ4n) is 2.44. The molecule has 1 unspecified atom stereocenters. The molecule has 0 aromatic heterocycles. The van der Waals surface area contributed by atoms with Crippen LogP contribution >= 0.6 is 0 Å². The van der Waals surface area contributed by atoms with Gasteiger partial charge in [0.25, 0.3) is 5.69 Å². The second-order valence-electron chi connectivity index (χ2n) is 5.05. The molecule has 0 saturated carbocycles. The predicted molar refractivity (Wildman–Crippen MR) is 72.9 cm³/mol. The van der Waals surface area contributed by atoms with Crippen LogP contribution < -0.4 is 5.32 Å². The van der Waals surface area contributed by atoms with Crippen molar-refractivity contribution in [2.24, 2.45) is 5.92 Å². The lowest BCUT2D eigenvalue weighted by Gasteiger charge is -2.28. The number of nitrogens with one attached hydrogen (secondary N) is 1. The van der Waals surface area contributed by atoms with Gasteiger partial charge in [-0.25, -0.2) is 0 Å². The largest absolute Gasteiger partial charge is 0.381 e. The van der Waals surface area contributed by atoms with E-state index >= 15 is 0 Å². The zero-order valence-corrected chi connectivity index (χ0v) is 11.2. The third kappa shape index (κ3) is 4.01. The van der Waals surface area contributed by atoms with Gasteiger partial charge in [-0.2, -0.15) is 0 Å². The Hall–Kier alpha value is -1.46. The summed E-state index contributed by atoms with van der Waals surface area (Å²) in [7, 11) is 0. The van der Waals surface area contributed by atoms with Gasteiger partial charge in [0, 0.05) is 37.9 Å². The van der Waals surface area contributed by atoms with Crippen molar-refractivity contribution in [2.45, 2.75) is 32.4 Å². The fraction of sp³-hybridized carbons (Fsp3) is 0.571. The molecule has 1 atom stereocenters. The van der Waals surface area contributed by atoms with Gasteiger partial charge in [0.05, 0.1) is 4.92 Å². The minimum atomic E-state index is -0.356. The molecule has 1 heterocycles. The Morgan fingerprint density at radius 2 is 2.21 bits per heavy atom. The number of ether oxygens (including phenoxy) is 1. The first-order valence-corrected chi connectivity index (χ1v) is 6.71. The molecule has 0 aliphatic carbocycles. The van der Waals surface area contributed by atoms with Crippen LogP contribution in [0.15, 0.2) is 24.3 Å². The Balaban J connectivity index is 1.87. The molecular formula is C14H20N2O3. The second-order valence-corrected chi connectivity index (χ2v) is 5.05. The van der Waals surface area contributed by atoms with Crippen molar-refractivity contribution in [3.05, 3.63) is 39.9 Å². The summed E-state index contributed by atoms with van der Waals surface area (Å²) in [5.74, 6) is 0.632. The molecule has 5 heteroatoms. The van der Waals surface area contributed by atoms with Crippen molar-refractivity contribution in [3.63, 3.8) is 0 Å². The van der Waals surface area contributed by atoms with Crippen molar-refractivity contribution in [1.82, 2.24) is 5.32 Å². The molecule has 19 heavy (non-hydrogen) atoms. The van der Waals surface area contributed by atoms with Crippen LogP contribution in [0.3, 0.4) is 0 Å². The first-order valence-electron chi connectivity index (χ1n) is 6.71. The lowest BCUT2D eigenvalue weighted by Crippen LogP contribution is -2.36. The van der Waals surface area contributed by atoms with E-state index in [1.165, 1.54) is 6.07 Å². The van der Waals surface area contributed by atoms with Crippen LogP contribution in [0.25, 0.3) is 0 Å². The number of hydrogen-bond donors (Lipinski definition) is 1. The minimum absolute atomic E-state index is 0.151. The smallest absolute Gasteiger partial charge is 0.269 e. The monoisotopic (exact) mass is 264 g/mol. The Labute approximate surface area is 113 Å². The van der Waals surface area contributed by atoms with E-state index in [0.29, 0.717) is 18.5 Å². The van der Waals surface area contributed by atoms with Crippen LogP contribution in [-0.2, 0) is 11.3 Å². The lowest BCUT2D eigenvalue weighted by molar-refractivity contribution is -0.384. The molecule has 2 rings (SSSR count). The summed E-state index contributed by atoms with van der Waals surface area (Å²) < 4.78 is 5.35. The highest BCUT2D eigenvalue weighted by atomic mass is 16.6. The van der Waals surface area contributed by atoms with Gasteiger partial charge in [0.15, 0.2) is 0 Å². The highest BCUT2D eigenvalue weighted by molar-refractivity contribution is 5.34. The Morgan fingerprint density at radius 3 is 2.89 bits per heavy atom. The van der Waals surface area contributed by atoms with E-state index in [0.717, 1.165) is 31.6 Å². The van der Waals surface area contributed by atoms with E-state index in [4.69, 9.17) is 4.74 Å². The third-order valence-electron chi connectivity index (χ3n) is 3.72. The number of non-ortho nitro benzene ring substituents is 1. The van der Waals surface area contributed by atoms with Crippen molar-refractivity contribution < 1.29 is 9.66 Å². The van der Waals surface area contributed by atoms with Crippen molar-refractivity contribution in [1.29, 1.82) is 0 Å². The summed E-state index contributed by atoms with van der Waals surface area (Å²) in [6.07, 6.45) is 2.17. The van der Waals surface area contributed by atoms with Gasteiger partial charge >= 0.3 is 0 Å². The molecule has 104 valence electrons. The van der Waals surface area contributed by atoms with Gasteiger partial charge in [0.1, 0.15) is 0 Å². The summed E-state index contributed by atoms with van der Waals surface area (Å²) in [4.78, 5) is 10.4. The molecule has 1 saturated heterocycles. The highest BCUT2D eigenvalue weighted by Gasteiger charge is 2.20. The lowest BCUT2D eigenvalue weighted by atomic mass is 9.93. The number of hydrogen-bond acceptors (Lipinski definition) is 4. The van der Waals surface area contributed by atoms with Gasteiger partial charge in [-0.1, -0.05) is 12.1 Å². The predicted octanol–water partition coefficient (Wildman–Crippen LogP) is 2.50. The minimum Gasteiger partial charge on any atom is -0.381 e. The molecule has 0 bridgehead atoms. The Morgan fingerprint density at radius 1 is 1.47 bits per heavy atom. The van der Waals surface area contributed by atoms with Gasteiger partial charge in [0.2, 0.25) is 0 Å². The van der Waals surface area contributed by atoms with Crippen LogP contribution in [0.5, 0.6) is 0 Å². The van der Waals surface area contributed by atoms with E-state index in [1.807, 2.05) is 6.07 Å². The first-order chi connectivity index (χ1) is 9.16. The molecule has 1 N–H and O–H groups in total. The fourth-order valence-corrected chi connectivity index (χ4v) is 2.44. The summed E-state index contributed by atoms with van der Waals surface area (Å²) in [5, 5.41) is 14.2.